The molecular weight excluding hydrogens is 442 g/mol. The molecular formula is C23H27N5O6. The zero-order chi connectivity index (χ0) is 25.5. The Hall–Kier alpha value is -4.28. The normalized spacial score (nSPS) is 11.4. The Morgan fingerprint density at radius 2 is 1.65 bits per heavy atom. The van der Waals surface area contributed by atoms with Gasteiger partial charge in [0.15, 0.2) is 17.2 Å². The van der Waals surface area contributed by atoms with Gasteiger partial charge in [0.25, 0.3) is 11.6 Å². The molecule has 2 rings (SSSR count). The lowest BCUT2D eigenvalue weighted by molar-refractivity contribution is -0.384. The highest BCUT2D eigenvalue weighted by Crippen LogP contribution is 2.29. The molecule has 34 heavy (non-hydrogen) atoms. The Balaban J connectivity index is 2.24. The number of rotatable bonds is 9. The number of anilines is 3. The van der Waals surface area contributed by atoms with Crippen LogP contribution in [0.25, 0.3) is 0 Å². The molecule has 11 nitrogen and oxygen atoms in total. The fraction of sp³-hybridized carbons (Fsp3) is 0.304. The Labute approximate surface area is 196 Å². The fourth-order valence-electron chi connectivity index (χ4n) is 2.85. The van der Waals surface area contributed by atoms with Crippen LogP contribution < -0.4 is 20.8 Å². The van der Waals surface area contributed by atoms with Crippen molar-refractivity contribution >= 4 is 46.1 Å². The topological polar surface area (TPSA) is 152 Å². The van der Waals surface area contributed by atoms with E-state index in [2.05, 4.69) is 21.2 Å². The third-order valence-corrected chi connectivity index (χ3v) is 4.37. The number of carbonyl (C=O) groups excluding carboxylic acids is 3. The van der Waals surface area contributed by atoms with E-state index in [-0.39, 0.29) is 40.6 Å². The number of hydrazone groups is 1. The molecule has 3 N–H and O–H groups in total. The zero-order valence-electron chi connectivity index (χ0n) is 19.6. The number of benzene rings is 2. The molecule has 0 heterocycles. The number of ether oxygens (including phenoxy) is 1. The summed E-state index contributed by atoms with van der Waals surface area (Å²) in [4.78, 5) is 47.6. The summed E-state index contributed by atoms with van der Waals surface area (Å²) in [6.45, 7) is 6.97. The fourth-order valence-corrected chi connectivity index (χ4v) is 2.85. The maximum absolute atomic E-state index is 12.8. The standard InChI is InChI=1S/C23H27N5O6/c1-14(29)21(27-26-18-11-10-15(28(32)33)12-19(18)34-5)22(31)25-17-9-7-6-8-16(17)24-20(30)13-23(2,3)4/h6-12,26H,13H2,1-5H3,(H,24,30)(H,25,31)/b27-21-. The summed E-state index contributed by atoms with van der Waals surface area (Å²) in [5.74, 6) is -1.55. The van der Waals surface area contributed by atoms with Gasteiger partial charge in [-0.2, -0.15) is 5.10 Å². The van der Waals surface area contributed by atoms with Crippen molar-refractivity contribution in [2.45, 2.75) is 34.1 Å². The molecule has 0 fully saturated rings. The average Bonchev–Trinajstić information content (AvgIpc) is 2.73. The lowest BCUT2D eigenvalue weighted by atomic mass is 9.92. The average molecular weight is 469 g/mol. The van der Waals surface area contributed by atoms with E-state index in [1.54, 1.807) is 24.3 Å². The van der Waals surface area contributed by atoms with Gasteiger partial charge in [-0.25, -0.2) is 0 Å². The molecule has 0 aliphatic rings. The summed E-state index contributed by atoms with van der Waals surface area (Å²) in [6.07, 6.45) is 0.274. The number of hydrogen-bond donors (Lipinski definition) is 3. The second-order valence-electron chi connectivity index (χ2n) is 8.56. The smallest absolute Gasteiger partial charge is 0.279 e. The molecule has 11 heteroatoms. The van der Waals surface area contributed by atoms with Crippen molar-refractivity contribution in [3.05, 3.63) is 52.6 Å². The number of carbonyl (C=O) groups is 3. The lowest BCUT2D eigenvalue weighted by Crippen LogP contribution is -2.30. The zero-order valence-corrected chi connectivity index (χ0v) is 19.6. The van der Waals surface area contributed by atoms with Gasteiger partial charge in [0.1, 0.15) is 0 Å². The predicted octanol–water partition coefficient (Wildman–Crippen LogP) is 3.97. The number of non-ortho nitro benzene ring substituents is 1. The van der Waals surface area contributed by atoms with E-state index in [4.69, 9.17) is 4.74 Å². The first-order valence-electron chi connectivity index (χ1n) is 10.3. The molecule has 0 aliphatic heterocycles. The van der Waals surface area contributed by atoms with Crippen molar-refractivity contribution in [3.8, 4) is 5.75 Å². The quantitative estimate of drug-likeness (QED) is 0.217. The summed E-state index contributed by atoms with van der Waals surface area (Å²) in [6, 6.07) is 10.3. The number of ketones is 1. The maximum Gasteiger partial charge on any atom is 0.279 e. The van der Waals surface area contributed by atoms with Crippen molar-refractivity contribution < 1.29 is 24.0 Å². The first-order chi connectivity index (χ1) is 15.9. The van der Waals surface area contributed by atoms with Gasteiger partial charge < -0.3 is 15.4 Å². The van der Waals surface area contributed by atoms with Crippen LogP contribution in [0.1, 0.15) is 34.1 Å². The van der Waals surface area contributed by atoms with Crippen LogP contribution in [0.4, 0.5) is 22.7 Å². The van der Waals surface area contributed by atoms with Gasteiger partial charge >= 0.3 is 0 Å². The van der Waals surface area contributed by atoms with Crippen molar-refractivity contribution in [1.82, 2.24) is 0 Å². The minimum absolute atomic E-state index is 0.105. The predicted molar refractivity (Wildman–Crippen MR) is 129 cm³/mol. The Bertz CT molecular complexity index is 1140. The van der Waals surface area contributed by atoms with Crippen LogP contribution >= 0.6 is 0 Å². The number of hydrogen-bond acceptors (Lipinski definition) is 8. The van der Waals surface area contributed by atoms with E-state index in [9.17, 15) is 24.5 Å². The molecule has 0 saturated heterocycles. The van der Waals surface area contributed by atoms with Crippen LogP contribution in [0.2, 0.25) is 0 Å². The Morgan fingerprint density at radius 3 is 2.18 bits per heavy atom. The number of nitro groups is 1. The van der Waals surface area contributed by atoms with Gasteiger partial charge in [0.2, 0.25) is 5.91 Å². The first-order valence-corrected chi connectivity index (χ1v) is 10.3. The van der Waals surface area contributed by atoms with Gasteiger partial charge in [0, 0.05) is 19.4 Å². The van der Waals surface area contributed by atoms with Gasteiger partial charge in [-0.1, -0.05) is 32.9 Å². The van der Waals surface area contributed by atoms with Crippen molar-refractivity contribution in [3.63, 3.8) is 0 Å². The molecule has 0 spiro atoms. The van der Waals surface area contributed by atoms with Gasteiger partial charge in [-0.15, -0.1) is 0 Å². The summed E-state index contributed by atoms with van der Waals surface area (Å²) in [5, 5.41) is 20.2. The van der Waals surface area contributed by atoms with Crippen molar-refractivity contribution in [2.24, 2.45) is 10.5 Å². The molecule has 0 saturated carbocycles. The van der Waals surface area contributed by atoms with Gasteiger partial charge in [-0.3, -0.25) is 29.9 Å². The van der Waals surface area contributed by atoms with E-state index in [1.807, 2.05) is 20.8 Å². The molecule has 2 aromatic carbocycles. The number of amides is 2. The molecule has 0 atom stereocenters. The van der Waals surface area contributed by atoms with Crippen LogP contribution in [0.3, 0.4) is 0 Å². The van der Waals surface area contributed by atoms with Crippen LogP contribution in [-0.2, 0) is 14.4 Å². The number of nitrogens with one attached hydrogen (secondary N) is 3. The molecule has 0 aliphatic carbocycles. The molecule has 0 bridgehead atoms. The van der Waals surface area contributed by atoms with E-state index in [1.165, 1.54) is 32.2 Å². The molecule has 2 aromatic rings. The van der Waals surface area contributed by atoms with Gasteiger partial charge in [0.05, 0.1) is 35.2 Å². The van der Waals surface area contributed by atoms with Crippen molar-refractivity contribution in [1.29, 1.82) is 0 Å². The number of nitro benzene ring substituents is 1. The SMILES string of the molecule is COc1cc([N+](=O)[O-])ccc1N/N=C(/C(C)=O)C(=O)Nc1ccccc1NC(=O)CC(C)(C)C. The summed E-state index contributed by atoms with van der Waals surface area (Å²) in [5.41, 5.74) is 2.56. The van der Waals surface area contributed by atoms with Crippen LogP contribution in [-0.4, -0.2) is 35.3 Å². The molecule has 0 radical (unpaired) electrons. The highest BCUT2D eigenvalue weighted by molar-refractivity contribution is 6.67. The van der Waals surface area contributed by atoms with E-state index in [0.717, 1.165) is 0 Å². The highest BCUT2D eigenvalue weighted by Gasteiger charge is 2.21. The van der Waals surface area contributed by atoms with Crippen LogP contribution in [0.15, 0.2) is 47.6 Å². The Kier molecular flexibility index (Phi) is 8.43. The summed E-state index contributed by atoms with van der Waals surface area (Å²) < 4.78 is 5.11. The third kappa shape index (κ3) is 7.40. The number of Topliss-reactive ketones (excluding diaryl/α,β-unsaturated/α-hetero) is 1. The minimum atomic E-state index is -0.807. The van der Waals surface area contributed by atoms with Gasteiger partial charge in [-0.05, 0) is 23.6 Å². The minimum Gasteiger partial charge on any atom is -0.494 e. The second kappa shape index (κ2) is 11.0. The highest BCUT2D eigenvalue weighted by atomic mass is 16.6. The van der Waals surface area contributed by atoms with E-state index >= 15 is 0 Å². The molecule has 180 valence electrons. The summed E-state index contributed by atoms with van der Waals surface area (Å²) in [7, 11) is 1.32. The van der Waals surface area contributed by atoms with Crippen molar-refractivity contribution in [2.75, 3.05) is 23.2 Å². The monoisotopic (exact) mass is 469 g/mol. The largest absolute Gasteiger partial charge is 0.494 e. The maximum atomic E-state index is 12.8. The first kappa shape index (κ1) is 26.0. The lowest BCUT2D eigenvalue weighted by Gasteiger charge is -2.18. The molecule has 0 aromatic heterocycles. The van der Waals surface area contributed by atoms with E-state index < -0.39 is 22.3 Å². The molecule has 0 unspecified atom stereocenters. The van der Waals surface area contributed by atoms with Crippen LogP contribution in [0, 0.1) is 15.5 Å². The van der Waals surface area contributed by atoms with E-state index in [0.29, 0.717) is 5.69 Å². The number of nitrogens with zero attached hydrogens (tertiary/aromatic N) is 2. The molecule has 2 amide bonds. The third-order valence-electron chi connectivity index (χ3n) is 4.37. The number of methoxy groups -OCH3 is 1. The van der Waals surface area contributed by atoms with Crippen LogP contribution in [0.5, 0.6) is 5.75 Å². The second-order valence-corrected chi connectivity index (χ2v) is 8.56. The Morgan fingerprint density at radius 1 is 1.03 bits per heavy atom. The number of para-hydroxylation sites is 2. The summed E-state index contributed by atoms with van der Waals surface area (Å²) >= 11 is 0.